The second kappa shape index (κ2) is 9.23. The van der Waals surface area contributed by atoms with E-state index in [4.69, 9.17) is 10.5 Å². The maximum Gasteiger partial charge on any atom is 0.323 e. The quantitative estimate of drug-likeness (QED) is 0.478. The summed E-state index contributed by atoms with van der Waals surface area (Å²) in [5.74, 6) is 0.495. The summed E-state index contributed by atoms with van der Waals surface area (Å²) in [6.07, 6.45) is 2.62. The number of aromatic nitrogens is 2. The zero-order valence-corrected chi connectivity index (χ0v) is 17.6. The fourth-order valence-corrected chi connectivity index (χ4v) is 3.72. The summed E-state index contributed by atoms with van der Waals surface area (Å²) in [4.78, 5) is 32.2. The van der Waals surface area contributed by atoms with E-state index in [2.05, 4.69) is 20.2 Å². The van der Waals surface area contributed by atoms with Gasteiger partial charge in [0.25, 0.3) is 0 Å². The Labute approximate surface area is 180 Å². The first-order valence-corrected chi connectivity index (χ1v) is 9.74. The highest BCUT2D eigenvalue weighted by Gasteiger charge is 2.21. The van der Waals surface area contributed by atoms with E-state index in [0.717, 1.165) is 48.4 Å². The number of nitrogens with zero attached hydrogens (tertiary/aromatic N) is 1. The average Bonchev–Trinajstić information content (AvgIpc) is 3.36. The number of benzene rings is 2. The van der Waals surface area contributed by atoms with Crippen molar-refractivity contribution in [3.63, 3.8) is 0 Å². The molecule has 4 rings (SSSR count). The number of halogens is 1. The van der Waals surface area contributed by atoms with Gasteiger partial charge >= 0.3 is 5.69 Å². The van der Waals surface area contributed by atoms with E-state index < -0.39 is 6.04 Å². The molecule has 1 aliphatic heterocycles. The number of carbonyl (C=O) groups excluding carboxylic acids is 1. The molecule has 0 spiro atoms. The van der Waals surface area contributed by atoms with Gasteiger partial charge in [-0.1, -0.05) is 12.1 Å². The third kappa shape index (κ3) is 4.60. The topological polar surface area (TPSA) is 116 Å². The van der Waals surface area contributed by atoms with Crippen molar-refractivity contribution in [2.75, 3.05) is 30.4 Å². The number of hydrogen-bond acceptors (Lipinski definition) is 5. The van der Waals surface area contributed by atoms with Crippen LogP contribution in [0.1, 0.15) is 18.4 Å². The molecule has 0 unspecified atom stereocenters. The highest BCUT2D eigenvalue weighted by Crippen LogP contribution is 2.32. The van der Waals surface area contributed by atoms with E-state index in [1.807, 2.05) is 30.3 Å². The lowest BCUT2D eigenvalue weighted by atomic mass is 10.1. The van der Waals surface area contributed by atoms with E-state index in [1.54, 1.807) is 13.2 Å². The second-order valence-electron chi connectivity index (χ2n) is 7.34. The SMILES string of the molecule is COc1ccc(C[C@H](N)C(=O)Nc2cc3[nH]c(=O)[nH]c3cc2N2CCCC2)cc1.Cl. The normalized spacial score (nSPS) is 14.4. The van der Waals surface area contributed by atoms with Gasteiger partial charge in [0.2, 0.25) is 5.91 Å². The Kier molecular flexibility index (Phi) is 6.69. The molecular weight excluding hydrogens is 406 g/mol. The first-order valence-electron chi connectivity index (χ1n) is 9.74. The lowest BCUT2D eigenvalue weighted by molar-refractivity contribution is -0.117. The molecule has 0 aliphatic carbocycles. The molecule has 0 radical (unpaired) electrons. The molecule has 5 N–H and O–H groups in total. The first kappa shape index (κ1) is 21.7. The maximum atomic E-state index is 12.8. The van der Waals surface area contributed by atoms with E-state index in [-0.39, 0.29) is 24.0 Å². The number of ether oxygens (including phenoxy) is 1. The predicted molar refractivity (Wildman–Crippen MR) is 121 cm³/mol. The Morgan fingerprint density at radius 2 is 1.80 bits per heavy atom. The van der Waals surface area contributed by atoms with Crippen LogP contribution < -0.4 is 26.4 Å². The van der Waals surface area contributed by atoms with Crippen molar-refractivity contribution >= 4 is 40.7 Å². The summed E-state index contributed by atoms with van der Waals surface area (Å²) < 4.78 is 5.16. The largest absolute Gasteiger partial charge is 0.497 e. The van der Waals surface area contributed by atoms with Crippen molar-refractivity contribution in [3.05, 3.63) is 52.4 Å². The fraction of sp³-hybridized carbons (Fsp3) is 0.333. The van der Waals surface area contributed by atoms with Gasteiger partial charge in [-0.05, 0) is 49.1 Å². The Bertz CT molecular complexity index is 1070. The van der Waals surface area contributed by atoms with Crippen LogP contribution in [0.4, 0.5) is 11.4 Å². The van der Waals surface area contributed by atoms with Crippen molar-refractivity contribution in [1.29, 1.82) is 0 Å². The minimum absolute atomic E-state index is 0. The number of aromatic amines is 2. The van der Waals surface area contributed by atoms with Gasteiger partial charge in [0, 0.05) is 13.1 Å². The number of nitrogens with one attached hydrogen (secondary N) is 3. The van der Waals surface area contributed by atoms with Crippen LogP contribution in [0, 0.1) is 0 Å². The first-order chi connectivity index (χ1) is 14.0. The van der Waals surface area contributed by atoms with Crippen LogP contribution >= 0.6 is 12.4 Å². The number of imidazole rings is 1. The molecule has 8 nitrogen and oxygen atoms in total. The number of fused-ring (bicyclic) bond motifs is 1. The van der Waals surface area contributed by atoms with Crippen molar-refractivity contribution < 1.29 is 9.53 Å². The number of H-pyrrole nitrogens is 2. The van der Waals surface area contributed by atoms with Crippen molar-refractivity contribution in [2.45, 2.75) is 25.3 Å². The summed E-state index contributed by atoms with van der Waals surface area (Å²) in [7, 11) is 1.61. The third-order valence-electron chi connectivity index (χ3n) is 5.29. The molecule has 1 aliphatic rings. The van der Waals surface area contributed by atoms with Crippen LogP contribution in [0.5, 0.6) is 5.75 Å². The van der Waals surface area contributed by atoms with Crippen molar-refractivity contribution in [1.82, 2.24) is 9.97 Å². The molecule has 3 aromatic rings. The molecule has 0 saturated carbocycles. The molecule has 1 saturated heterocycles. The van der Waals surface area contributed by atoms with Crippen LogP contribution in [0.15, 0.2) is 41.2 Å². The van der Waals surface area contributed by atoms with E-state index in [9.17, 15) is 9.59 Å². The molecule has 1 fully saturated rings. The van der Waals surface area contributed by atoms with Crippen LogP contribution in [0.3, 0.4) is 0 Å². The van der Waals surface area contributed by atoms with Crippen molar-refractivity contribution in [3.8, 4) is 5.75 Å². The number of hydrogen-bond donors (Lipinski definition) is 4. The average molecular weight is 432 g/mol. The van der Waals surface area contributed by atoms with Crippen molar-refractivity contribution in [2.24, 2.45) is 5.73 Å². The van der Waals surface area contributed by atoms with Gasteiger partial charge in [0.05, 0.1) is 35.6 Å². The Balaban J connectivity index is 0.00000256. The van der Waals surface area contributed by atoms with Gasteiger partial charge in [-0.15, -0.1) is 12.4 Å². The summed E-state index contributed by atoms with van der Waals surface area (Å²) in [5.41, 5.74) is 9.78. The molecular formula is C21H26ClN5O3. The van der Waals surface area contributed by atoms with Crippen LogP contribution in [0.25, 0.3) is 11.0 Å². The van der Waals surface area contributed by atoms with E-state index in [1.165, 1.54) is 0 Å². The summed E-state index contributed by atoms with van der Waals surface area (Å²) in [6.45, 7) is 1.84. The molecule has 2 heterocycles. The second-order valence-corrected chi connectivity index (χ2v) is 7.34. The number of nitrogens with two attached hydrogens (primary N) is 1. The molecule has 1 aromatic heterocycles. The molecule has 30 heavy (non-hydrogen) atoms. The molecule has 1 atom stereocenters. The monoisotopic (exact) mass is 431 g/mol. The zero-order chi connectivity index (χ0) is 20.4. The number of anilines is 2. The smallest absolute Gasteiger partial charge is 0.323 e. The van der Waals surface area contributed by atoms with Gasteiger partial charge in [0.15, 0.2) is 0 Å². The number of amides is 1. The highest BCUT2D eigenvalue weighted by atomic mass is 35.5. The Morgan fingerprint density at radius 3 is 2.43 bits per heavy atom. The highest BCUT2D eigenvalue weighted by molar-refractivity contribution is 6.00. The fourth-order valence-electron chi connectivity index (χ4n) is 3.72. The minimum Gasteiger partial charge on any atom is -0.497 e. The minimum atomic E-state index is -0.698. The number of carbonyl (C=O) groups is 1. The summed E-state index contributed by atoms with van der Waals surface area (Å²) in [6, 6.07) is 10.5. The molecule has 160 valence electrons. The van der Waals surface area contributed by atoms with Crippen LogP contribution in [0.2, 0.25) is 0 Å². The predicted octanol–water partition coefficient (Wildman–Crippen LogP) is 2.40. The number of rotatable bonds is 6. The van der Waals surface area contributed by atoms with Gasteiger partial charge in [-0.3, -0.25) is 4.79 Å². The number of methoxy groups -OCH3 is 1. The van der Waals surface area contributed by atoms with E-state index in [0.29, 0.717) is 17.6 Å². The van der Waals surface area contributed by atoms with Gasteiger partial charge < -0.3 is 30.7 Å². The van der Waals surface area contributed by atoms with E-state index >= 15 is 0 Å². The molecule has 2 aromatic carbocycles. The Morgan fingerprint density at radius 1 is 1.17 bits per heavy atom. The molecule has 0 bridgehead atoms. The lowest BCUT2D eigenvalue weighted by Gasteiger charge is -2.22. The van der Waals surface area contributed by atoms with Crippen LogP contribution in [-0.4, -0.2) is 42.1 Å². The summed E-state index contributed by atoms with van der Waals surface area (Å²) >= 11 is 0. The van der Waals surface area contributed by atoms with Gasteiger partial charge in [-0.2, -0.15) is 0 Å². The molecule has 9 heteroatoms. The third-order valence-corrected chi connectivity index (χ3v) is 5.29. The van der Waals surface area contributed by atoms with Gasteiger partial charge in [-0.25, -0.2) is 4.79 Å². The Hall–Kier alpha value is -2.97. The summed E-state index contributed by atoms with van der Waals surface area (Å²) in [5, 5.41) is 2.97. The van der Waals surface area contributed by atoms with Gasteiger partial charge in [0.1, 0.15) is 5.75 Å². The lowest BCUT2D eigenvalue weighted by Crippen LogP contribution is -2.37. The standard InChI is InChI=1S/C21H25N5O3.ClH/c1-29-14-6-4-13(5-7-14)10-15(22)20(27)23-18-11-16-17(25-21(28)24-16)12-19(18)26-8-2-3-9-26;/h4-7,11-12,15H,2-3,8-10,22H2,1H3,(H,23,27)(H2,24,25,28);1H/t15-;/m0./s1. The van der Waals surface area contributed by atoms with Crippen LogP contribution in [-0.2, 0) is 11.2 Å². The maximum absolute atomic E-state index is 12.8. The zero-order valence-electron chi connectivity index (χ0n) is 16.7. The molecule has 1 amide bonds.